The molecule has 0 bridgehead atoms. The van der Waals surface area contributed by atoms with Gasteiger partial charge in [0.1, 0.15) is 77.2 Å². The number of aliphatic carboxylic acids is 1. The Morgan fingerprint density at radius 2 is 1.04 bits per heavy atom. The average Bonchev–Trinajstić information content (AvgIpc) is 1.41. The minimum Gasteiger partial charge on any atom is -0.508 e. The molecule has 1 aliphatic rings. The molecule has 1 aromatic heterocycles. The second kappa shape index (κ2) is 55.9. The second-order valence-electron chi connectivity index (χ2n) is 36.8. The van der Waals surface area contributed by atoms with E-state index in [0.29, 0.717) is 59.7 Å². The highest BCUT2D eigenvalue weighted by molar-refractivity contribution is 6.41. The van der Waals surface area contributed by atoms with Crippen LogP contribution < -0.4 is 96.8 Å². The number of aromatic nitrogens is 1. The number of hydrogen-bond donors (Lipinski definition) is 22. The third kappa shape index (κ3) is 37.7. The maximum absolute atomic E-state index is 15.6. The number of carboxylic acids is 1. The number of aliphatic hydroxyl groups is 1. The molecule has 2 heterocycles. The van der Waals surface area contributed by atoms with E-state index in [9.17, 15) is 82.4 Å². The smallest absolute Gasteiger partial charge is 0.303 e. The maximum Gasteiger partial charge on any atom is 0.303 e. The lowest BCUT2D eigenvalue weighted by Gasteiger charge is -2.34. The van der Waals surface area contributed by atoms with Crippen molar-refractivity contribution in [3.05, 3.63) is 114 Å². The summed E-state index contributed by atoms with van der Waals surface area (Å²) in [5, 5.41) is 71.5. The first-order valence-corrected chi connectivity index (χ1v) is 46.7. The number of aromatic amines is 1. The van der Waals surface area contributed by atoms with Crippen molar-refractivity contribution in [1.29, 1.82) is 0 Å². The van der Waals surface area contributed by atoms with Crippen molar-refractivity contribution in [2.75, 3.05) is 6.54 Å². The summed E-state index contributed by atoms with van der Waals surface area (Å²) in [5.74, 6) is -15.9. The fourth-order valence-electron chi connectivity index (χ4n) is 15.3. The number of phenols is 1. The molecule has 758 valence electrons. The van der Waals surface area contributed by atoms with Crippen LogP contribution in [0, 0.1) is 17.8 Å². The standard InChI is InChI=1S/C96H141N19O23/c1-51(2)44-65-50-100-69(38-40-75(97)119)81(125)79(123)54(6)102-88(132)74(48-64-49-99-68-33-27-26-32-67(64)68)109-89(133)72(47-63-34-36-66(118)37-35-63)108-87(131)70(39-41-76(120)121)111-94(138)96(15,114-91(135)73(46-62-30-24-23-25-31-62)110-92(136)77(60(12)116)112-90(134)71(45-52(3)4)107-61(13)117)43-29-22-20-18-16-17-19-21-28-42-95(14,113-86(65)130)93(137)106-59(11)85(129)105-58(10)84(128)104-57(9)83(127)103-56(8)82(126)101-53(5)78(122)80(124)55(7)115-98/h17,19,23-27,30-37,49,51-60,65,69-74,77,99-100,115-116,118H,16,18,20-22,28-29,38-48,50,98H2,1-15H3,(H2,97,119)(H,101,126)(H,102,132)(H,103,127)(H,104,128)(H,105,129)(H,106,137)(H,107,117)(H,108,131)(H,109,133)(H,110,136)(H,111,138)(H,112,134)(H,113,130)(H,114,135)(H,120,121)/b19-17+/t53-,54-,55-,56?,57-,58?,59-,60+,65+,69-,70-,71-,72?,73-,74-,77-,95-,96+/m0/s1. The van der Waals surface area contributed by atoms with Crippen molar-refractivity contribution in [2.45, 2.75) is 321 Å². The first kappa shape index (κ1) is 115. The van der Waals surface area contributed by atoms with E-state index in [0.717, 1.165) is 0 Å². The minimum absolute atomic E-state index is 0.0819. The van der Waals surface area contributed by atoms with Crippen molar-refractivity contribution in [3.8, 4) is 5.75 Å². The Bertz CT molecular complexity index is 4970. The summed E-state index contributed by atoms with van der Waals surface area (Å²) in [6, 6.07) is -0.127. The molecule has 0 saturated carbocycles. The lowest BCUT2D eigenvalue weighted by atomic mass is 9.89. The number of phenolic OH excluding ortho intramolecular Hbond substituents is 1. The zero-order chi connectivity index (χ0) is 103. The van der Waals surface area contributed by atoms with Crippen LogP contribution in [-0.4, -0.2) is 246 Å². The molecule has 4 aromatic rings. The van der Waals surface area contributed by atoms with Crippen LogP contribution in [0.2, 0.25) is 0 Å². The highest BCUT2D eigenvalue weighted by Gasteiger charge is 2.44. The van der Waals surface area contributed by atoms with Crippen LogP contribution in [0.15, 0.2) is 97.2 Å². The lowest BCUT2D eigenvalue weighted by molar-refractivity contribution is -0.140. The number of aromatic hydroxyl groups is 1. The van der Waals surface area contributed by atoms with Crippen molar-refractivity contribution < 1.29 is 111 Å². The molecule has 3 unspecified atom stereocenters. The fourth-order valence-corrected chi connectivity index (χ4v) is 15.3. The Balaban J connectivity index is 1.59. The lowest BCUT2D eigenvalue weighted by Crippen LogP contribution is -2.65. The first-order chi connectivity index (χ1) is 64.9. The number of carbonyl (C=O) groups excluding carboxylic acids is 19. The van der Waals surface area contributed by atoms with Crippen LogP contribution >= 0.6 is 0 Å². The highest BCUT2D eigenvalue weighted by Crippen LogP contribution is 2.25. The molecular formula is C96H141N19O23. The van der Waals surface area contributed by atoms with Gasteiger partial charge in [0.25, 0.3) is 0 Å². The Labute approximate surface area is 803 Å². The molecule has 3 aromatic carbocycles. The number of para-hydroxylation sites is 1. The van der Waals surface area contributed by atoms with Crippen LogP contribution in [0.1, 0.15) is 217 Å². The molecule has 24 N–H and O–H groups in total. The van der Waals surface area contributed by atoms with Crippen LogP contribution in [0.25, 0.3) is 10.9 Å². The summed E-state index contributed by atoms with van der Waals surface area (Å²) < 4.78 is 0. The average molecular weight is 1930 g/mol. The molecule has 1 aliphatic heterocycles. The van der Waals surface area contributed by atoms with E-state index in [1.54, 1.807) is 88.5 Å². The number of amides is 15. The quantitative estimate of drug-likeness (QED) is 0.0121. The van der Waals surface area contributed by atoms with Gasteiger partial charge >= 0.3 is 5.97 Å². The Morgan fingerprint density at radius 3 is 1.61 bits per heavy atom. The highest BCUT2D eigenvalue weighted by atomic mass is 16.4. The van der Waals surface area contributed by atoms with Gasteiger partial charge < -0.3 is 106 Å². The molecule has 15 amide bonds. The van der Waals surface area contributed by atoms with Gasteiger partial charge in [0.05, 0.1) is 36.2 Å². The predicted molar refractivity (Wildman–Crippen MR) is 509 cm³/mol. The fraction of sp³-hybridized carbons (Fsp3) is 0.562. The second-order valence-corrected chi connectivity index (χ2v) is 36.8. The molecule has 0 radical (unpaired) electrons. The molecule has 42 heteroatoms. The molecule has 42 nitrogen and oxygen atoms in total. The molecule has 0 spiro atoms. The van der Waals surface area contributed by atoms with Crippen molar-refractivity contribution in [1.82, 2.24) is 90.2 Å². The van der Waals surface area contributed by atoms with Gasteiger partial charge in [-0.25, -0.2) is 5.43 Å². The van der Waals surface area contributed by atoms with Gasteiger partial charge in [0.15, 0.2) is 0 Å². The van der Waals surface area contributed by atoms with Gasteiger partial charge in [-0.3, -0.25) is 102 Å². The van der Waals surface area contributed by atoms with Crippen molar-refractivity contribution in [3.63, 3.8) is 0 Å². The predicted octanol–water partition coefficient (Wildman–Crippen LogP) is -0.00530. The summed E-state index contributed by atoms with van der Waals surface area (Å²) in [6.07, 6.45) is 2.85. The van der Waals surface area contributed by atoms with Gasteiger partial charge in [-0.15, -0.1) is 0 Å². The monoisotopic (exact) mass is 1930 g/mol. The number of fused-ring (bicyclic) bond motifs is 1. The number of carbonyl (C=O) groups is 20. The molecule has 138 heavy (non-hydrogen) atoms. The Morgan fingerprint density at radius 1 is 0.507 bits per heavy atom. The number of allylic oxidation sites excluding steroid dienone is 2. The zero-order valence-electron chi connectivity index (χ0n) is 81.2. The topological polar surface area (TPSA) is 662 Å². The number of aliphatic hydroxyl groups excluding tert-OH is 1. The summed E-state index contributed by atoms with van der Waals surface area (Å²) in [5.41, 5.74) is 5.68. The number of primary amides is 1. The summed E-state index contributed by atoms with van der Waals surface area (Å²) in [7, 11) is 0. The van der Waals surface area contributed by atoms with Crippen LogP contribution in [0.4, 0.5) is 0 Å². The van der Waals surface area contributed by atoms with E-state index in [2.05, 4.69) is 90.2 Å². The Hall–Kier alpha value is -13.2. The summed E-state index contributed by atoms with van der Waals surface area (Å²) >= 11 is 0. The molecule has 18 atom stereocenters. The third-order valence-electron chi connectivity index (χ3n) is 23.6. The SMILES string of the molecule is CC(=O)N[C@@H](CC(C)C)C(=O)N[C@H](C(=O)N[C@@H](Cc1ccccc1)C(=O)N[C@]1(C)CCCCCC/C=C/CCC[C@@](C)(C(=O)N[C@@H](C)C(=O)NC(C)C(=O)N[C@@H](C)C(=O)NC(C)C(=O)N[C@@H](C)C(=O)C(=O)[C@H](C)NN)NC(=O)[C@H](CC(C)C)CN[C@@H](CCC(N)=O)C(=O)C(=O)[C@H](C)NC(=O)[C@H](Cc2c[nH]c3ccccc23)NC(=O)C(Cc2ccc(O)cc2)NC(=O)[C@H](CCC(=O)O)NC1=O)[C@@H](C)O. The Kier molecular flexibility index (Phi) is 46.7. The van der Waals surface area contributed by atoms with Crippen LogP contribution in [0.3, 0.4) is 0 Å². The molecular weight excluding hydrogens is 1790 g/mol. The van der Waals surface area contributed by atoms with Crippen molar-refractivity contribution >= 4 is 129 Å². The van der Waals surface area contributed by atoms with E-state index < -0.39 is 257 Å². The third-order valence-corrected chi connectivity index (χ3v) is 23.6. The number of Topliss-reactive ketones (excluding diaryl/α,β-unsaturated/α-hetero) is 4. The van der Waals surface area contributed by atoms with Crippen LogP contribution in [0.5, 0.6) is 5.75 Å². The van der Waals surface area contributed by atoms with E-state index >= 15 is 28.8 Å². The number of benzene rings is 3. The van der Waals surface area contributed by atoms with Gasteiger partial charge in [0.2, 0.25) is 112 Å². The largest absolute Gasteiger partial charge is 0.508 e. The van der Waals surface area contributed by atoms with E-state index in [-0.39, 0.29) is 75.5 Å². The number of H-pyrrole nitrogens is 1. The first-order valence-electron chi connectivity index (χ1n) is 46.7. The molecule has 0 fully saturated rings. The number of hydrogen-bond acceptors (Lipinski definition) is 25. The minimum atomic E-state index is -2.08. The summed E-state index contributed by atoms with van der Waals surface area (Å²) in [6.45, 7) is 21.0. The molecule has 5 rings (SSSR count). The molecule has 0 aliphatic carbocycles. The number of nitrogens with one attached hydrogen (secondary N) is 17. The van der Waals surface area contributed by atoms with Gasteiger partial charge in [-0.05, 0) is 180 Å². The summed E-state index contributed by atoms with van der Waals surface area (Å²) in [4.78, 5) is 284. The number of ketones is 4. The van der Waals surface area contributed by atoms with Gasteiger partial charge in [-0.1, -0.05) is 120 Å². The molecule has 0 saturated heterocycles. The van der Waals surface area contributed by atoms with E-state index in [1.165, 1.54) is 100 Å². The number of carboxylic acid groups (broad SMARTS) is 1. The maximum atomic E-state index is 15.6. The number of hydrazine groups is 1. The normalized spacial score (nSPS) is 22.0. The van der Waals surface area contributed by atoms with Gasteiger partial charge in [0, 0.05) is 62.7 Å². The number of rotatable bonds is 38. The zero-order valence-corrected chi connectivity index (χ0v) is 81.2. The van der Waals surface area contributed by atoms with Gasteiger partial charge in [-0.2, -0.15) is 0 Å². The number of nitrogens with two attached hydrogens (primary N) is 2. The van der Waals surface area contributed by atoms with Crippen LogP contribution in [-0.2, 0) is 115 Å². The van der Waals surface area contributed by atoms with Crippen molar-refractivity contribution in [2.24, 2.45) is 29.3 Å². The van der Waals surface area contributed by atoms with E-state index in [4.69, 9.17) is 11.6 Å². The van der Waals surface area contributed by atoms with E-state index in [1.807, 2.05) is 12.2 Å².